The van der Waals surface area contributed by atoms with Crippen molar-refractivity contribution in [2.45, 2.75) is 52.0 Å². The standard InChI is InChI=1S/C24H25ClFN5O3/c1-12(28-22(33)20-30-23(34-31-20)24(2,3)4)15-8-7-14(9-17(15)25)16-10-19(27-11-18(16)26)29-21(32)13-5-6-13/h7-13H,5-6H2,1-4H3,(H,28,33)(H,27,29,32)/t12-/m1/s1. The van der Waals surface area contributed by atoms with Crippen LogP contribution in [0.25, 0.3) is 11.1 Å². The molecule has 34 heavy (non-hydrogen) atoms. The number of carbonyl (C=O) groups is 2. The summed E-state index contributed by atoms with van der Waals surface area (Å²) in [5.41, 5.74) is 1.03. The Hall–Kier alpha value is -3.33. The summed E-state index contributed by atoms with van der Waals surface area (Å²) in [4.78, 5) is 32.7. The molecular formula is C24H25ClFN5O3. The molecule has 0 unspecified atom stereocenters. The first-order chi connectivity index (χ1) is 16.0. The number of benzene rings is 1. The summed E-state index contributed by atoms with van der Waals surface area (Å²) >= 11 is 6.48. The van der Waals surface area contributed by atoms with Crippen LogP contribution in [0.3, 0.4) is 0 Å². The van der Waals surface area contributed by atoms with E-state index < -0.39 is 17.8 Å². The fourth-order valence-electron chi connectivity index (χ4n) is 3.31. The highest BCUT2D eigenvalue weighted by atomic mass is 35.5. The average Bonchev–Trinajstić information content (AvgIpc) is 3.49. The number of aromatic nitrogens is 3. The molecule has 0 bridgehead atoms. The smallest absolute Gasteiger partial charge is 0.293 e. The highest BCUT2D eigenvalue weighted by molar-refractivity contribution is 6.31. The molecule has 8 nitrogen and oxygen atoms in total. The monoisotopic (exact) mass is 485 g/mol. The average molecular weight is 486 g/mol. The Kier molecular flexibility index (Phi) is 6.40. The van der Waals surface area contributed by atoms with E-state index in [9.17, 15) is 14.0 Å². The molecule has 2 heterocycles. The lowest BCUT2D eigenvalue weighted by Gasteiger charge is -2.16. The molecule has 10 heteroatoms. The minimum absolute atomic E-state index is 0.00762. The zero-order chi connectivity index (χ0) is 24.6. The van der Waals surface area contributed by atoms with Gasteiger partial charge in [0, 0.05) is 21.9 Å². The van der Waals surface area contributed by atoms with Crippen molar-refractivity contribution in [1.29, 1.82) is 0 Å². The van der Waals surface area contributed by atoms with Crippen LogP contribution in [-0.2, 0) is 10.2 Å². The van der Waals surface area contributed by atoms with Crippen LogP contribution in [0.4, 0.5) is 10.2 Å². The fourth-order valence-corrected chi connectivity index (χ4v) is 3.65. The van der Waals surface area contributed by atoms with Gasteiger partial charge >= 0.3 is 0 Å². The lowest BCUT2D eigenvalue weighted by molar-refractivity contribution is -0.117. The first kappa shape index (κ1) is 23.8. The molecule has 4 rings (SSSR count). The zero-order valence-electron chi connectivity index (χ0n) is 19.3. The van der Waals surface area contributed by atoms with E-state index in [-0.39, 0.29) is 34.4 Å². The number of nitrogens with zero attached hydrogens (tertiary/aromatic N) is 3. The molecule has 178 valence electrons. The lowest BCUT2D eigenvalue weighted by Crippen LogP contribution is -2.28. The summed E-state index contributed by atoms with van der Waals surface area (Å²) in [6.45, 7) is 7.48. The molecule has 2 aromatic heterocycles. The maximum atomic E-state index is 14.5. The van der Waals surface area contributed by atoms with Crippen molar-refractivity contribution in [2.24, 2.45) is 5.92 Å². The van der Waals surface area contributed by atoms with Gasteiger partial charge < -0.3 is 15.2 Å². The Balaban J connectivity index is 1.50. The van der Waals surface area contributed by atoms with E-state index >= 15 is 0 Å². The van der Waals surface area contributed by atoms with Crippen LogP contribution in [0.1, 0.15) is 68.7 Å². The largest absolute Gasteiger partial charge is 0.343 e. The molecule has 1 aromatic carbocycles. The second-order valence-electron chi connectivity index (χ2n) is 9.42. The van der Waals surface area contributed by atoms with Gasteiger partial charge in [0.1, 0.15) is 11.6 Å². The van der Waals surface area contributed by atoms with Gasteiger partial charge in [-0.25, -0.2) is 9.37 Å². The van der Waals surface area contributed by atoms with Crippen molar-refractivity contribution < 1.29 is 18.5 Å². The van der Waals surface area contributed by atoms with Gasteiger partial charge in [-0.05, 0) is 43.0 Å². The van der Waals surface area contributed by atoms with Crippen LogP contribution in [0, 0.1) is 11.7 Å². The van der Waals surface area contributed by atoms with Crippen LogP contribution in [-0.4, -0.2) is 26.9 Å². The molecule has 3 aromatic rings. The van der Waals surface area contributed by atoms with Crippen molar-refractivity contribution >= 4 is 29.2 Å². The van der Waals surface area contributed by atoms with Gasteiger partial charge in [0.2, 0.25) is 11.8 Å². The van der Waals surface area contributed by atoms with Crippen LogP contribution in [0.2, 0.25) is 5.02 Å². The van der Waals surface area contributed by atoms with E-state index in [0.717, 1.165) is 19.0 Å². The molecule has 1 aliphatic carbocycles. The van der Waals surface area contributed by atoms with E-state index in [1.807, 2.05) is 20.8 Å². The molecule has 1 fully saturated rings. The number of halogens is 2. The Labute approximate surface area is 201 Å². The normalized spacial score (nSPS) is 14.5. The Morgan fingerprint density at radius 1 is 1.24 bits per heavy atom. The second-order valence-corrected chi connectivity index (χ2v) is 9.82. The summed E-state index contributed by atoms with van der Waals surface area (Å²) < 4.78 is 19.7. The molecule has 0 saturated heterocycles. The summed E-state index contributed by atoms with van der Waals surface area (Å²) in [6.07, 6.45) is 2.78. The summed E-state index contributed by atoms with van der Waals surface area (Å²) in [6, 6.07) is 6.02. The fraction of sp³-hybridized carbons (Fsp3) is 0.375. The van der Waals surface area contributed by atoms with Crippen molar-refractivity contribution in [1.82, 2.24) is 20.4 Å². The third-order valence-electron chi connectivity index (χ3n) is 5.45. The molecule has 0 spiro atoms. The minimum atomic E-state index is -0.540. The van der Waals surface area contributed by atoms with E-state index in [1.54, 1.807) is 25.1 Å². The zero-order valence-corrected chi connectivity index (χ0v) is 20.0. The maximum absolute atomic E-state index is 14.5. The first-order valence-electron chi connectivity index (χ1n) is 10.9. The SMILES string of the molecule is C[C@@H](NC(=O)c1noc(C(C)(C)C)n1)c1ccc(-c2cc(NC(=O)C3CC3)ncc2F)cc1Cl. The first-order valence-corrected chi connectivity index (χ1v) is 11.3. The van der Waals surface area contributed by atoms with Crippen LogP contribution in [0.15, 0.2) is 35.0 Å². The van der Waals surface area contributed by atoms with Gasteiger partial charge in [-0.3, -0.25) is 9.59 Å². The quantitative estimate of drug-likeness (QED) is 0.505. The van der Waals surface area contributed by atoms with Crippen molar-refractivity contribution in [3.63, 3.8) is 0 Å². The van der Waals surface area contributed by atoms with Gasteiger partial charge in [-0.15, -0.1) is 0 Å². The van der Waals surface area contributed by atoms with Gasteiger partial charge in [0.25, 0.3) is 11.7 Å². The molecule has 1 saturated carbocycles. The molecule has 2 amide bonds. The highest BCUT2D eigenvalue weighted by Gasteiger charge is 2.30. The third kappa shape index (κ3) is 5.25. The van der Waals surface area contributed by atoms with E-state index in [2.05, 4.69) is 25.8 Å². The van der Waals surface area contributed by atoms with Gasteiger partial charge in [-0.2, -0.15) is 4.98 Å². The van der Waals surface area contributed by atoms with Gasteiger partial charge in [-0.1, -0.05) is 49.7 Å². The van der Waals surface area contributed by atoms with Crippen molar-refractivity contribution in [3.05, 3.63) is 58.6 Å². The Morgan fingerprint density at radius 3 is 2.59 bits per heavy atom. The molecule has 0 radical (unpaired) electrons. The predicted molar refractivity (Wildman–Crippen MR) is 125 cm³/mol. The highest BCUT2D eigenvalue weighted by Crippen LogP contribution is 2.33. The second kappa shape index (κ2) is 9.13. The third-order valence-corrected chi connectivity index (χ3v) is 5.78. The minimum Gasteiger partial charge on any atom is -0.343 e. The number of hydrogen-bond donors (Lipinski definition) is 2. The van der Waals surface area contributed by atoms with E-state index in [0.29, 0.717) is 22.0 Å². The lowest BCUT2D eigenvalue weighted by atomic mass is 9.97. The summed E-state index contributed by atoms with van der Waals surface area (Å²) in [7, 11) is 0. The number of carbonyl (C=O) groups excluding carboxylic acids is 2. The Morgan fingerprint density at radius 2 is 1.97 bits per heavy atom. The summed E-state index contributed by atoms with van der Waals surface area (Å²) in [5.74, 6) is -0.565. The maximum Gasteiger partial charge on any atom is 0.293 e. The number of amides is 2. The summed E-state index contributed by atoms with van der Waals surface area (Å²) in [5, 5.41) is 9.60. The molecular weight excluding hydrogens is 461 g/mol. The van der Waals surface area contributed by atoms with Crippen LogP contribution >= 0.6 is 11.6 Å². The number of rotatable bonds is 6. The van der Waals surface area contributed by atoms with Gasteiger partial charge in [0.05, 0.1) is 12.2 Å². The van der Waals surface area contributed by atoms with Crippen LogP contribution < -0.4 is 10.6 Å². The topological polar surface area (TPSA) is 110 Å². The van der Waals surface area contributed by atoms with E-state index in [4.69, 9.17) is 16.1 Å². The number of anilines is 1. The van der Waals surface area contributed by atoms with Crippen LogP contribution in [0.5, 0.6) is 0 Å². The van der Waals surface area contributed by atoms with Crippen molar-refractivity contribution in [2.75, 3.05) is 5.32 Å². The Bertz CT molecular complexity index is 1250. The van der Waals surface area contributed by atoms with Gasteiger partial charge in [0.15, 0.2) is 0 Å². The molecule has 1 aliphatic rings. The van der Waals surface area contributed by atoms with E-state index in [1.165, 1.54) is 6.07 Å². The predicted octanol–water partition coefficient (Wildman–Crippen LogP) is 5.06. The molecule has 0 aliphatic heterocycles. The van der Waals surface area contributed by atoms with Crippen molar-refractivity contribution in [3.8, 4) is 11.1 Å². The number of hydrogen-bond acceptors (Lipinski definition) is 6. The number of nitrogens with one attached hydrogen (secondary N) is 2. The molecule has 2 N–H and O–H groups in total. The number of pyridine rings is 1. The molecule has 1 atom stereocenters.